The zero-order valence-electron chi connectivity index (χ0n) is 16.8. The van der Waals surface area contributed by atoms with E-state index in [1.165, 1.54) is 56.1 Å². The molecule has 2 amide bonds. The van der Waals surface area contributed by atoms with Crippen LogP contribution in [0, 0.1) is 0 Å². The van der Waals surface area contributed by atoms with E-state index in [0.717, 1.165) is 31.4 Å². The predicted molar refractivity (Wildman–Crippen MR) is 110 cm³/mol. The summed E-state index contributed by atoms with van der Waals surface area (Å²) in [5.41, 5.74) is 1.39. The van der Waals surface area contributed by atoms with E-state index < -0.39 is 5.91 Å². The SMILES string of the molecule is COc1cc(C(=O)NCC(=O)Nc2nc3c(s2)CCCCC3)cc(OC)c1OC. The lowest BCUT2D eigenvalue weighted by Crippen LogP contribution is -2.32. The Kier molecular flexibility index (Phi) is 6.92. The quantitative estimate of drug-likeness (QED) is 0.670. The van der Waals surface area contributed by atoms with Crippen LogP contribution in [0.5, 0.6) is 17.2 Å². The van der Waals surface area contributed by atoms with Crippen molar-refractivity contribution in [1.29, 1.82) is 0 Å². The first-order valence-corrected chi connectivity index (χ1v) is 10.2. The van der Waals surface area contributed by atoms with Crippen molar-refractivity contribution in [1.82, 2.24) is 10.3 Å². The maximum atomic E-state index is 12.5. The Labute approximate surface area is 173 Å². The molecule has 0 unspecified atom stereocenters. The summed E-state index contributed by atoms with van der Waals surface area (Å²) in [5.74, 6) is 0.383. The molecule has 0 spiro atoms. The highest BCUT2D eigenvalue weighted by molar-refractivity contribution is 7.15. The summed E-state index contributed by atoms with van der Waals surface area (Å²) < 4.78 is 15.8. The number of rotatable bonds is 7. The monoisotopic (exact) mass is 419 g/mol. The fourth-order valence-corrected chi connectivity index (χ4v) is 4.29. The molecule has 1 aliphatic carbocycles. The Hall–Kier alpha value is -2.81. The number of nitrogens with zero attached hydrogens (tertiary/aromatic N) is 1. The molecule has 2 N–H and O–H groups in total. The number of ether oxygens (including phenoxy) is 3. The molecular weight excluding hydrogens is 394 g/mol. The van der Waals surface area contributed by atoms with E-state index in [2.05, 4.69) is 15.6 Å². The van der Waals surface area contributed by atoms with E-state index in [9.17, 15) is 9.59 Å². The van der Waals surface area contributed by atoms with Crippen LogP contribution in [0.2, 0.25) is 0 Å². The smallest absolute Gasteiger partial charge is 0.251 e. The number of aryl methyl sites for hydroxylation is 2. The normalized spacial score (nSPS) is 13.1. The standard InChI is InChI=1S/C20H25N3O5S/c1-26-14-9-12(10-15(27-2)18(14)28-3)19(25)21-11-17(24)23-20-22-13-7-5-4-6-8-16(13)29-20/h9-10H,4-8,11H2,1-3H3,(H,21,25)(H,22,23,24). The molecule has 1 aliphatic rings. The molecule has 0 radical (unpaired) electrons. The van der Waals surface area contributed by atoms with Gasteiger partial charge in [0, 0.05) is 10.4 Å². The average Bonchev–Trinajstić information content (AvgIpc) is 2.98. The van der Waals surface area contributed by atoms with Crippen molar-refractivity contribution in [2.75, 3.05) is 33.2 Å². The highest BCUT2D eigenvalue weighted by atomic mass is 32.1. The third-order valence-electron chi connectivity index (χ3n) is 4.68. The van der Waals surface area contributed by atoms with Crippen molar-refractivity contribution in [3.63, 3.8) is 0 Å². The number of amides is 2. The minimum absolute atomic E-state index is 0.167. The number of hydrogen-bond acceptors (Lipinski definition) is 7. The van der Waals surface area contributed by atoms with Gasteiger partial charge in [-0.05, 0) is 37.8 Å². The van der Waals surface area contributed by atoms with E-state index >= 15 is 0 Å². The number of nitrogens with one attached hydrogen (secondary N) is 2. The number of carbonyl (C=O) groups is 2. The van der Waals surface area contributed by atoms with Gasteiger partial charge in [0.15, 0.2) is 16.6 Å². The van der Waals surface area contributed by atoms with Crippen LogP contribution >= 0.6 is 11.3 Å². The number of fused-ring (bicyclic) bond motifs is 1. The second-order valence-electron chi connectivity index (χ2n) is 6.59. The predicted octanol–water partition coefficient (Wildman–Crippen LogP) is 2.81. The first kappa shape index (κ1) is 20.9. The fraction of sp³-hybridized carbons (Fsp3) is 0.450. The number of hydrogen-bond donors (Lipinski definition) is 2. The lowest BCUT2D eigenvalue weighted by molar-refractivity contribution is -0.115. The Morgan fingerprint density at radius 3 is 2.38 bits per heavy atom. The largest absolute Gasteiger partial charge is 0.493 e. The minimum Gasteiger partial charge on any atom is -0.493 e. The molecule has 8 nitrogen and oxygen atoms in total. The van der Waals surface area contributed by atoms with Crippen LogP contribution in [0.15, 0.2) is 12.1 Å². The van der Waals surface area contributed by atoms with E-state index in [4.69, 9.17) is 14.2 Å². The molecule has 156 valence electrons. The molecule has 1 aromatic heterocycles. The van der Waals surface area contributed by atoms with Gasteiger partial charge in [-0.15, -0.1) is 11.3 Å². The summed E-state index contributed by atoms with van der Waals surface area (Å²) in [5, 5.41) is 5.97. The molecule has 1 heterocycles. The van der Waals surface area contributed by atoms with E-state index in [1.54, 1.807) is 0 Å². The van der Waals surface area contributed by atoms with Crippen LogP contribution in [0.4, 0.5) is 5.13 Å². The second-order valence-corrected chi connectivity index (χ2v) is 7.68. The highest BCUT2D eigenvalue weighted by Gasteiger charge is 2.18. The molecule has 1 aromatic carbocycles. The van der Waals surface area contributed by atoms with Crippen LogP contribution in [0.3, 0.4) is 0 Å². The molecule has 3 rings (SSSR count). The van der Waals surface area contributed by atoms with Crippen molar-refractivity contribution in [2.24, 2.45) is 0 Å². The first-order valence-electron chi connectivity index (χ1n) is 9.42. The molecule has 0 bridgehead atoms. The number of carbonyl (C=O) groups excluding carboxylic acids is 2. The van der Waals surface area contributed by atoms with E-state index in [0.29, 0.717) is 27.9 Å². The first-order chi connectivity index (χ1) is 14.0. The molecular formula is C20H25N3O5S. The Morgan fingerprint density at radius 1 is 1.03 bits per heavy atom. The molecule has 29 heavy (non-hydrogen) atoms. The van der Waals surface area contributed by atoms with Gasteiger partial charge in [0.1, 0.15) is 0 Å². The maximum Gasteiger partial charge on any atom is 0.251 e. The Morgan fingerprint density at radius 2 is 1.72 bits per heavy atom. The molecule has 2 aromatic rings. The number of methoxy groups -OCH3 is 3. The maximum absolute atomic E-state index is 12.5. The van der Waals surface area contributed by atoms with Crippen molar-refractivity contribution < 1.29 is 23.8 Å². The molecule has 0 saturated heterocycles. The van der Waals surface area contributed by atoms with Gasteiger partial charge in [-0.1, -0.05) is 6.42 Å². The van der Waals surface area contributed by atoms with Gasteiger partial charge in [0.25, 0.3) is 5.91 Å². The summed E-state index contributed by atoms with van der Waals surface area (Å²) in [6.45, 7) is -0.167. The third-order valence-corrected chi connectivity index (χ3v) is 5.75. The Bertz CT molecular complexity index is 848. The van der Waals surface area contributed by atoms with Crippen LogP contribution in [-0.4, -0.2) is 44.7 Å². The van der Waals surface area contributed by atoms with Crippen LogP contribution in [-0.2, 0) is 17.6 Å². The van der Waals surface area contributed by atoms with Gasteiger partial charge >= 0.3 is 0 Å². The van der Waals surface area contributed by atoms with Crippen LogP contribution in [0.1, 0.15) is 40.2 Å². The van der Waals surface area contributed by atoms with Crippen molar-refractivity contribution in [3.8, 4) is 17.2 Å². The zero-order valence-corrected chi connectivity index (χ0v) is 17.6. The molecule has 0 saturated carbocycles. The van der Waals surface area contributed by atoms with Crippen molar-refractivity contribution in [3.05, 3.63) is 28.3 Å². The van der Waals surface area contributed by atoms with Crippen molar-refractivity contribution >= 4 is 28.3 Å². The summed E-state index contributed by atoms with van der Waals surface area (Å²) in [6, 6.07) is 3.07. The van der Waals surface area contributed by atoms with Gasteiger partial charge in [-0.2, -0.15) is 0 Å². The third kappa shape index (κ3) is 4.97. The molecule has 0 aliphatic heterocycles. The van der Waals surface area contributed by atoms with Gasteiger partial charge in [-0.3, -0.25) is 9.59 Å². The topological polar surface area (TPSA) is 98.8 Å². The van der Waals surface area contributed by atoms with E-state index in [1.807, 2.05) is 0 Å². The number of aromatic nitrogens is 1. The highest BCUT2D eigenvalue weighted by Crippen LogP contribution is 2.38. The summed E-state index contributed by atoms with van der Waals surface area (Å²) in [7, 11) is 4.44. The fourth-order valence-electron chi connectivity index (χ4n) is 3.22. The zero-order chi connectivity index (χ0) is 20.8. The van der Waals surface area contributed by atoms with Gasteiger partial charge in [0.2, 0.25) is 11.7 Å². The van der Waals surface area contributed by atoms with Gasteiger partial charge < -0.3 is 24.8 Å². The molecule has 0 fully saturated rings. The summed E-state index contributed by atoms with van der Waals surface area (Å²) in [6.07, 6.45) is 5.49. The average molecular weight is 420 g/mol. The number of benzene rings is 1. The summed E-state index contributed by atoms with van der Waals surface area (Å²) >= 11 is 1.52. The van der Waals surface area contributed by atoms with E-state index in [-0.39, 0.29) is 12.5 Å². The van der Waals surface area contributed by atoms with Crippen molar-refractivity contribution in [2.45, 2.75) is 32.1 Å². The lowest BCUT2D eigenvalue weighted by Gasteiger charge is -2.14. The molecule has 9 heteroatoms. The second kappa shape index (κ2) is 9.60. The van der Waals surface area contributed by atoms with Crippen LogP contribution < -0.4 is 24.8 Å². The van der Waals surface area contributed by atoms with Crippen LogP contribution in [0.25, 0.3) is 0 Å². The number of anilines is 1. The van der Waals surface area contributed by atoms with Gasteiger partial charge in [-0.25, -0.2) is 4.98 Å². The van der Waals surface area contributed by atoms with Gasteiger partial charge in [0.05, 0.1) is 33.6 Å². The molecule has 0 atom stereocenters. The Balaban J connectivity index is 1.61. The minimum atomic E-state index is -0.422. The lowest BCUT2D eigenvalue weighted by atomic mass is 10.1. The summed E-state index contributed by atoms with van der Waals surface area (Å²) in [4.78, 5) is 30.5. The number of thiazole rings is 1.